The van der Waals surface area contributed by atoms with Crippen molar-refractivity contribution in [1.82, 2.24) is 10.2 Å². The molecule has 5 heteroatoms. The first-order valence-corrected chi connectivity index (χ1v) is 5.52. The van der Waals surface area contributed by atoms with Gasteiger partial charge in [0.1, 0.15) is 0 Å². The molecule has 0 bridgehead atoms. The van der Waals surface area contributed by atoms with Gasteiger partial charge in [0.15, 0.2) is 0 Å². The van der Waals surface area contributed by atoms with Gasteiger partial charge in [-0.1, -0.05) is 12.1 Å². The number of carbonyl (C=O) groups is 1. The van der Waals surface area contributed by atoms with Crippen LogP contribution in [0.15, 0.2) is 29.2 Å². The predicted octanol–water partition coefficient (Wildman–Crippen LogP) is 1.66. The summed E-state index contributed by atoms with van der Waals surface area (Å²) in [5, 5.41) is 5.50. The smallest absolute Gasteiger partial charge is 0.319 e. The summed E-state index contributed by atoms with van der Waals surface area (Å²) in [7, 11) is 3.92. The number of rotatable bonds is 4. The van der Waals surface area contributed by atoms with E-state index in [1.165, 1.54) is 0 Å². The van der Waals surface area contributed by atoms with E-state index in [1.807, 2.05) is 43.3 Å². The maximum absolute atomic E-state index is 11.5. The monoisotopic (exact) mass is 239 g/mol. The molecule has 0 aliphatic heterocycles. The minimum absolute atomic E-state index is 0.205. The number of urea groups is 1. The molecule has 0 heterocycles. The van der Waals surface area contributed by atoms with Gasteiger partial charge in [-0.25, -0.2) is 4.79 Å². The molecule has 0 aromatic heterocycles. The Morgan fingerprint density at radius 2 is 2.06 bits per heavy atom. The summed E-state index contributed by atoms with van der Waals surface area (Å²) in [4.78, 5) is 14.2. The lowest BCUT2D eigenvalue weighted by Gasteiger charge is -2.12. The van der Waals surface area contributed by atoms with E-state index in [-0.39, 0.29) is 6.03 Å². The molecule has 16 heavy (non-hydrogen) atoms. The van der Waals surface area contributed by atoms with Crippen molar-refractivity contribution >= 4 is 24.3 Å². The second kappa shape index (κ2) is 6.40. The highest BCUT2D eigenvalue weighted by Gasteiger charge is 2.03. The first kappa shape index (κ1) is 12.9. The van der Waals surface area contributed by atoms with Crippen LogP contribution in [-0.4, -0.2) is 38.1 Å². The molecule has 0 spiro atoms. The largest absolute Gasteiger partial charge is 0.337 e. The summed E-state index contributed by atoms with van der Waals surface area (Å²) < 4.78 is 0. The molecule has 0 fully saturated rings. The SMILES string of the molecule is CN(C)CCNC(=O)Nc1ccccc1S. The van der Waals surface area contributed by atoms with E-state index in [0.29, 0.717) is 12.2 Å². The highest BCUT2D eigenvalue weighted by atomic mass is 32.1. The van der Waals surface area contributed by atoms with Crippen LogP contribution < -0.4 is 10.6 Å². The van der Waals surface area contributed by atoms with Gasteiger partial charge in [0.2, 0.25) is 0 Å². The quantitative estimate of drug-likeness (QED) is 0.700. The minimum atomic E-state index is -0.205. The van der Waals surface area contributed by atoms with E-state index in [2.05, 4.69) is 23.3 Å². The molecular formula is C11H17N3OS. The van der Waals surface area contributed by atoms with Crippen LogP contribution in [0.3, 0.4) is 0 Å². The van der Waals surface area contributed by atoms with Crippen molar-refractivity contribution in [2.45, 2.75) is 4.90 Å². The second-order valence-electron chi connectivity index (χ2n) is 3.70. The number of amides is 2. The molecule has 0 atom stereocenters. The second-order valence-corrected chi connectivity index (χ2v) is 4.18. The molecule has 1 aromatic carbocycles. The Labute approximate surface area is 101 Å². The number of nitrogens with one attached hydrogen (secondary N) is 2. The Kier molecular flexibility index (Phi) is 5.14. The summed E-state index contributed by atoms with van der Waals surface area (Å²) in [6, 6.07) is 7.17. The molecule has 2 amide bonds. The average molecular weight is 239 g/mol. The zero-order valence-electron chi connectivity index (χ0n) is 9.53. The first-order valence-electron chi connectivity index (χ1n) is 5.07. The van der Waals surface area contributed by atoms with Crippen molar-refractivity contribution < 1.29 is 4.79 Å². The van der Waals surface area contributed by atoms with Crippen molar-refractivity contribution in [2.24, 2.45) is 0 Å². The Bertz CT molecular complexity index is 355. The Morgan fingerprint density at radius 1 is 1.38 bits per heavy atom. The van der Waals surface area contributed by atoms with Gasteiger partial charge in [-0.15, -0.1) is 12.6 Å². The number of likely N-dealkylation sites (N-methyl/N-ethyl adjacent to an activating group) is 1. The minimum Gasteiger partial charge on any atom is -0.337 e. The zero-order chi connectivity index (χ0) is 12.0. The highest BCUT2D eigenvalue weighted by molar-refractivity contribution is 7.80. The van der Waals surface area contributed by atoms with E-state index < -0.39 is 0 Å². The lowest BCUT2D eigenvalue weighted by molar-refractivity contribution is 0.250. The maximum Gasteiger partial charge on any atom is 0.319 e. The third-order valence-corrected chi connectivity index (χ3v) is 2.39. The highest BCUT2D eigenvalue weighted by Crippen LogP contribution is 2.17. The van der Waals surface area contributed by atoms with E-state index in [4.69, 9.17) is 0 Å². The van der Waals surface area contributed by atoms with Crippen LogP contribution in [0, 0.1) is 0 Å². The standard InChI is InChI=1S/C11H17N3OS/c1-14(2)8-7-12-11(15)13-9-5-3-4-6-10(9)16/h3-6,16H,7-8H2,1-2H3,(H2,12,13,15). The number of carbonyl (C=O) groups excluding carboxylic acids is 1. The molecule has 4 nitrogen and oxygen atoms in total. The van der Waals surface area contributed by atoms with Crippen molar-refractivity contribution in [2.75, 3.05) is 32.5 Å². The number of nitrogens with zero attached hydrogens (tertiary/aromatic N) is 1. The molecule has 0 aliphatic rings. The van der Waals surface area contributed by atoms with E-state index >= 15 is 0 Å². The van der Waals surface area contributed by atoms with E-state index in [1.54, 1.807) is 0 Å². The first-order chi connectivity index (χ1) is 7.59. The number of para-hydroxylation sites is 1. The summed E-state index contributed by atoms with van der Waals surface area (Å²) >= 11 is 4.25. The molecule has 0 aliphatic carbocycles. The molecule has 88 valence electrons. The van der Waals surface area contributed by atoms with Crippen molar-refractivity contribution in [1.29, 1.82) is 0 Å². The summed E-state index contributed by atoms with van der Waals surface area (Å²) in [6.07, 6.45) is 0. The Hall–Kier alpha value is -1.20. The summed E-state index contributed by atoms with van der Waals surface area (Å²) in [5.41, 5.74) is 0.716. The van der Waals surface area contributed by atoms with Gasteiger partial charge in [0.25, 0.3) is 0 Å². The Balaban J connectivity index is 2.37. The third-order valence-electron chi connectivity index (χ3n) is 2.00. The summed E-state index contributed by atoms with van der Waals surface area (Å²) in [5.74, 6) is 0. The van der Waals surface area contributed by atoms with Crippen LogP contribution in [0.4, 0.5) is 10.5 Å². The van der Waals surface area contributed by atoms with Crippen LogP contribution in [0.25, 0.3) is 0 Å². The molecular weight excluding hydrogens is 222 g/mol. The number of thiol groups is 1. The van der Waals surface area contributed by atoms with Crippen LogP contribution in [0.1, 0.15) is 0 Å². The van der Waals surface area contributed by atoms with E-state index in [9.17, 15) is 4.79 Å². The molecule has 2 N–H and O–H groups in total. The van der Waals surface area contributed by atoms with Crippen LogP contribution in [0.5, 0.6) is 0 Å². The van der Waals surface area contributed by atoms with Crippen LogP contribution in [-0.2, 0) is 0 Å². The lowest BCUT2D eigenvalue weighted by atomic mass is 10.3. The van der Waals surface area contributed by atoms with Gasteiger partial charge >= 0.3 is 6.03 Å². The maximum atomic E-state index is 11.5. The van der Waals surface area contributed by atoms with Gasteiger partial charge in [0.05, 0.1) is 5.69 Å². The number of hydrogen-bond acceptors (Lipinski definition) is 3. The topological polar surface area (TPSA) is 44.4 Å². The average Bonchev–Trinajstić information content (AvgIpc) is 2.21. The predicted molar refractivity (Wildman–Crippen MR) is 69.3 cm³/mol. The third kappa shape index (κ3) is 4.55. The number of hydrogen-bond donors (Lipinski definition) is 3. The Morgan fingerprint density at radius 3 is 2.69 bits per heavy atom. The molecule has 0 radical (unpaired) electrons. The van der Waals surface area contributed by atoms with E-state index in [0.717, 1.165) is 11.4 Å². The normalized spacial score (nSPS) is 10.2. The van der Waals surface area contributed by atoms with Gasteiger partial charge in [-0.05, 0) is 26.2 Å². The van der Waals surface area contributed by atoms with Crippen molar-refractivity contribution in [3.63, 3.8) is 0 Å². The fourth-order valence-corrected chi connectivity index (χ4v) is 1.36. The number of anilines is 1. The van der Waals surface area contributed by atoms with Gasteiger partial charge < -0.3 is 15.5 Å². The molecule has 1 aromatic rings. The summed E-state index contributed by atoms with van der Waals surface area (Å²) in [6.45, 7) is 1.43. The van der Waals surface area contributed by atoms with Crippen molar-refractivity contribution in [3.05, 3.63) is 24.3 Å². The molecule has 1 rings (SSSR count). The molecule has 0 saturated heterocycles. The molecule has 0 saturated carbocycles. The van der Waals surface area contributed by atoms with Crippen molar-refractivity contribution in [3.8, 4) is 0 Å². The zero-order valence-corrected chi connectivity index (χ0v) is 10.4. The van der Waals surface area contributed by atoms with Crippen LogP contribution in [0.2, 0.25) is 0 Å². The van der Waals surface area contributed by atoms with Gasteiger partial charge in [-0.2, -0.15) is 0 Å². The van der Waals surface area contributed by atoms with Gasteiger partial charge in [0, 0.05) is 18.0 Å². The lowest BCUT2D eigenvalue weighted by Crippen LogP contribution is -2.34. The number of benzene rings is 1. The fraction of sp³-hybridized carbons (Fsp3) is 0.364. The molecule has 0 unspecified atom stereocenters. The van der Waals surface area contributed by atoms with Crippen LogP contribution >= 0.6 is 12.6 Å². The van der Waals surface area contributed by atoms with Gasteiger partial charge in [-0.3, -0.25) is 0 Å². The fourth-order valence-electron chi connectivity index (χ4n) is 1.14.